The molecular weight excluding hydrogens is 155 g/mol. The topological polar surface area (TPSA) is 0 Å². The van der Waals surface area contributed by atoms with E-state index in [0.29, 0.717) is 15.6 Å². The van der Waals surface area contributed by atoms with Gasteiger partial charge in [0.15, 0.2) is 0 Å². The van der Waals surface area contributed by atoms with Crippen molar-refractivity contribution in [3.8, 4) is 0 Å². The molecule has 1 aromatic rings. The summed E-state index contributed by atoms with van der Waals surface area (Å²) in [7, 11) is 0. The van der Waals surface area contributed by atoms with Crippen LogP contribution in [0.1, 0.15) is 5.56 Å². The third-order valence-corrected chi connectivity index (χ3v) is 1.68. The molecule has 2 radical (unpaired) electrons. The third-order valence-electron chi connectivity index (χ3n) is 0.944. The Bertz CT molecular complexity index is 218. The van der Waals surface area contributed by atoms with Gasteiger partial charge in [-0.3, -0.25) is 0 Å². The summed E-state index contributed by atoms with van der Waals surface area (Å²) in [6.45, 7) is 5.38. The minimum absolute atomic E-state index is 0.497. The summed E-state index contributed by atoms with van der Waals surface area (Å²) in [5.41, 5.74) is 0.629. The zero-order chi connectivity index (χ0) is 6.85. The van der Waals surface area contributed by atoms with E-state index in [9.17, 15) is 0 Å². The first-order chi connectivity index (χ1) is 4.20. The number of benzene rings is 1. The van der Waals surface area contributed by atoms with E-state index in [0.717, 1.165) is 0 Å². The van der Waals surface area contributed by atoms with Crippen LogP contribution < -0.4 is 0 Å². The SMILES string of the molecule is [CH]c1ccc(Cl)c(Cl)c1. The van der Waals surface area contributed by atoms with Gasteiger partial charge in [0, 0.05) is 0 Å². The monoisotopic (exact) mass is 158 g/mol. The van der Waals surface area contributed by atoms with Crippen molar-refractivity contribution in [3.05, 3.63) is 40.7 Å². The summed E-state index contributed by atoms with van der Waals surface area (Å²) in [6, 6.07) is 4.98. The van der Waals surface area contributed by atoms with Crippen LogP contribution in [0.4, 0.5) is 0 Å². The molecule has 0 unspecified atom stereocenters. The van der Waals surface area contributed by atoms with E-state index >= 15 is 0 Å². The summed E-state index contributed by atoms with van der Waals surface area (Å²) in [6.07, 6.45) is 0. The number of hydrogen-bond acceptors (Lipinski definition) is 0. The van der Waals surface area contributed by atoms with Gasteiger partial charge in [-0.2, -0.15) is 0 Å². The number of halogens is 2. The van der Waals surface area contributed by atoms with Gasteiger partial charge in [-0.15, -0.1) is 0 Å². The molecule has 0 aliphatic heterocycles. The highest BCUT2D eigenvalue weighted by Crippen LogP contribution is 2.21. The lowest BCUT2D eigenvalue weighted by Crippen LogP contribution is -1.70. The van der Waals surface area contributed by atoms with Crippen LogP contribution in [-0.2, 0) is 0 Å². The zero-order valence-corrected chi connectivity index (χ0v) is 6.08. The molecule has 0 N–H and O–H groups in total. The van der Waals surface area contributed by atoms with E-state index in [1.807, 2.05) is 0 Å². The van der Waals surface area contributed by atoms with Gasteiger partial charge in [-0.1, -0.05) is 29.3 Å². The maximum absolute atomic E-state index is 5.60. The van der Waals surface area contributed by atoms with Crippen LogP contribution in [0, 0.1) is 6.92 Å². The lowest BCUT2D eigenvalue weighted by molar-refractivity contribution is 1.61. The zero-order valence-electron chi connectivity index (χ0n) is 4.57. The Morgan fingerprint density at radius 1 is 1.11 bits per heavy atom. The minimum atomic E-state index is 0.497. The highest BCUT2D eigenvalue weighted by atomic mass is 35.5. The van der Waals surface area contributed by atoms with Crippen LogP contribution in [0.5, 0.6) is 0 Å². The smallest absolute Gasteiger partial charge is 0.0595 e. The van der Waals surface area contributed by atoms with Crippen LogP contribution >= 0.6 is 23.2 Å². The molecule has 2 heteroatoms. The average Bonchev–Trinajstić information content (AvgIpc) is 1.80. The fourth-order valence-corrected chi connectivity index (χ4v) is 0.819. The second kappa shape index (κ2) is 2.59. The minimum Gasteiger partial charge on any atom is -0.0827 e. The van der Waals surface area contributed by atoms with Gasteiger partial charge < -0.3 is 0 Å². The molecule has 0 heterocycles. The van der Waals surface area contributed by atoms with E-state index in [1.165, 1.54) is 0 Å². The molecular formula is C7H4Cl2. The molecule has 0 fully saturated rings. The van der Waals surface area contributed by atoms with Crippen molar-refractivity contribution in [1.82, 2.24) is 0 Å². The van der Waals surface area contributed by atoms with Crippen LogP contribution in [-0.4, -0.2) is 0 Å². The van der Waals surface area contributed by atoms with Crippen molar-refractivity contribution in [1.29, 1.82) is 0 Å². The number of hydrogen-bond donors (Lipinski definition) is 0. The van der Waals surface area contributed by atoms with Crippen LogP contribution in [0.15, 0.2) is 18.2 Å². The molecule has 0 atom stereocenters. The molecule has 0 aliphatic carbocycles. The Morgan fingerprint density at radius 2 is 1.78 bits per heavy atom. The summed E-state index contributed by atoms with van der Waals surface area (Å²) in [4.78, 5) is 0. The van der Waals surface area contributed by atoms with Crippen molar-refractivity contribution in [2.45, 2.75) is 0 Å². The van der Waals surface area contributed by atoms with Crippen LogP contribution in [0.2, 0.25) is 10.0 Å². The summed E-state index contributed by atoms with van der Waals surface area (Å²) < 4.78 is 0. The Morgan fingerprint density at radius 3 is 2.22 bits per heavy atom. The van der Waals surface area contributed by atoms with Crippen LogP contribution in [0.3, 0.4) is 0 Å². The summed E-state index contributed by atoms with van der Waals surface area (Å²) in [5, 5.41) is 1.03. The number of rotatable bonds is 0. The molecule has 0 aromatic heterocycles. The molecule has 0 bridgehead atoms. The Hall–Kier alpha value is -0.200. The molecule has 0 nitrogen and oxygen atoms in total. The first kappa shape index (κ1) is 6.91. The largest absolute Gasteiger partial charge is 0.0827 e. The van der Waals surface area contributed by atoms with Gasteiger partial charge in [-0.05, 0) is 24.6 Å². The lowest BCUT2D eigenvalue weighted by Gasteiger charge is -1.93. The van der Waals surface area contributed by atoms with Gasteiger partial charge in [-0.25, -0.2) is 0 Å². The van der Waals surface area contributed by atoms with Gasteiger partial charge in [0.05, 0.1) is 10.0 Å². The van der Waals surface area contributed by atoms with E-state index in [1.54, 1.807) is 18.2 Å². The standard InChI is InChI=1S/C7H4Cl2/c1-5-2-3-6(8)7(9)4-5/h1-4H. The van der Waals surface area contributed by atoms with Gasteiger partial charge in [0.25, 0.3) is 0 Å². The lowest BCUT2D eigenvalue weighted by atomic mass is 10.2. The second-order valence-corrected chi connectivity index (χ2v) is 2.49. The normalized spacial score (nSPS) is 9.67. The summed E-state index contributed by atoms with van der Waals surface area (Å²) in [5.74, 6) is 0. The van der Waals surface area contributed by atoms with Crippen molar-refractivity contribution in [2.24, 2.45) is 0 Å². The maximum atomic E-state index is 5.60. The Kier molecular flexibility index (Phi) is 1.99. The summed E-state index contributed by atoms with van der Waals surface area (Å²) >= 11 is 11.2. The van der Waals surface area contributed by atoms with E-state index in [4.69, 9.17) is 30.1 Å². The first-order valence-electron chi connectivity index (χ1n) is 2.40. The molecule has 46 valence electrons. The predicted molar refractivity (Wildman–Crippen MR) is 39.9 cm³/mol. The highest BCUT2D eigenvalue weighted by molar-refractivity contribution is 6.42. The fourth-order valence-electron chi connectivity index (χ4n) is 0.512. The average molecular weight is 159 g/mol. The van der Waals surface area contributed by atoms with E-state index in [2.05, 4.69) is 0 Å². The molecule has 1 aromatic carbocycles. The van der Waals surface area contributed by atoms with Gasteiger partial charge in [0.2, 0.25) is 0 Å². The Labute approximate surface area is 64.4 Å². The predicted octanol–water partition coefficient (Wildman–Crippen LogP) is 3.05. The van der Waals surface area contributed by atoms with Crippen LogP contribution in [0.25, 0.3) is 0 Å². The molecule has 0 amide bonds. The second-order valence-electron chi connectivity index (χ2n) is 1.67. The molecule has 0 spiro atoms. The maximum Gasteiger partial charge on any atom is 0.0595 e. The third kappa shape index (κ3) is 1.60. The van der Waals surface area contributed by atoms with Crippen molar-refractivity contribution in [3.63, 3.8) is 0 Å². The van der Waals surface area contributed by atoms with Crippen molar-refractivity contribution >= 4 is 23.2 Å². The first-order valence-corrected chi connectivity index (χ1v) is 3.16. The van der Waals surface area contributed by atoms with E-state index < -0.39 is 0 Å². The molecule has 1 rings (SSSR count). The van der Waals surface area contributed by atoms with Gasteiger partial charge >= 0.3 is 0 Å². The van der Waals surface area contributed by atoms with Gasteiger partial charge in [0.1, 0.15) is 0 Å². The fraction of sp³-hybridized carbons (Fsp3) is 0. The van der Waals surface area contributed by atoms with E-state index in [-0.39, 0.29) is 0 Å². The molecule has 0 aliphatic rings. The molecule has 0 saturated carbocycles. The molecule has 0 saturated heterocycles. The highest BCUT2D eigenvalue weighted by Gasteiger charge is 1.93. The quantitative estimate of drug-likeness (QED) is 0.545. The van der Waals surface area contributed by atoms with Crippen molar-refractivity contribution in [2.75, 3.05) is 0 Å². The van der Waals surface area contributed by atoms with Crippen molar-refractivity contribution < 1.29 is 0 Å². The Balaban J connectivity index is 3.17. The molecule has 9 heavy (non-hydrogen) atoms.